The van der Waals surface area contributed by atoms with Gasteiger partial charge in [-0.1, -0.05) is 23.2 Å². The summed E-state index contributed by atoms with van der Waals surface area (Å²) < 4.78 is 0. The molecule has 0 radical (unpaired) electrons. The van der Waals surface area contributed by atoms with Gasteiger partial charge in [0.15, 0.2) is 5.78 Å². The smallest absolute Gasteiger partial charge is 0.221 e. The standard InChI is InChI=1S/C17H17Cl2N5O2/c1-10(25)22-17-15(18)6-13(7-16(17)19)24-23-12-4-2-11(3-5-12)21-9-14(26)8-20/h2-7,21H,8-9,20H2,1H3,(H,22,25). The Kier molecular flexibility index (Phi) is 7.08. The fourth-order valence-corrected chi connectivity index (χ4v) is 2.52. The number of hydrogen-bond acceptors (Lipinski definition) is 6. The molecule has 0 saturated heterocycles. The molecule has 0 aliphatic carbocycles. The average molecular weight is 394 g/mol. The van der Waals surface area contributed by atoms with Crippen LogP contribution >= 0.6 is 23.2 Å². The number of rotatable bonds is 7. The zero-order valence-electron chi connectivity index (χ0n) is 13.9. The van der Waals surface area contributed by atoms with Gasteiger partial charge in [-0.15, -0.1) is 0 Å². The first kappa shape index (κ1) is 19.8. The molecule has 0 spiro atoms. The quantitative estimate of drug-likeness (QED) is 0.608. The van der Waals surface area contributed by atoms with E-state index in [4.69, 9.17) is 28.9 Å². The van der Waals surface area contributed by atoms with Crippen molar-refractivity contribution in [1.82, 2.24) is 0 Å². The summed E-state index contributed by atoms with van der Waals surface area (Å²) in [6.45, 7) is 1.55. The molecule has 9 heteroatoms. The van der Waals surface area contributed by atoms with Crippen LogP contribution in [-0.2, 0) is 9.59 Å². The van der Waals surface area contributed by atoms with Crippen LogP contribution in [-0.4, -0.2) is 24.8 Å². The fourth-order valence-electron chi connectivity index (χ4n) is 1.95. The number of hydrogen-bond donors (Lipinski definition) is 3. The van der Waals surface area contributed by atoms with Gasteiger partial charge in [-0.05, 0) is 36.4 Å². The van der Waals surface area contributed by atoms with Gasteiger partial charge in [-0.25, -0.2) is 0 Å². The second-order valence-corrected chi connectivity index (χ2v) is 6.12. The summed E-state index contributed by atoms with van der Waals surface area (Å²) in [4.78, 5) is 22.3. The number of benzene rings is 2. The summed E-state index contributed by atoms with van der Waals surface area (Å²) in [7, 11) is 0. The first-order chi connectivity index (χ1) is 12.4. The van der Waals surface area contributed by atoms with Crippen LogP contribution in [0, 0.1) is 0 Å². The highest BCUT2D eigenvalue weighted by molar-refractivity contribution is 6.40. The highest BCUT2D eigenvalue weighted by Crippen LogP contribution is 2.35. The third kappa shape index (κ3) is 5.80. The van der Waals surface area contributed by atoms with Gasteiger partial charge in [0.2, 0.25) is 5.91 Å². The molecule has 2 rings (SSSR count). The SMILES string of the molecule is CC(=O)Nc1c(Cl)cc(N=Nc2ccc(NCC(=O)CN)cc2)cc1Cl. The minimum Gasteiger partial charge on any atom is -0.378 e. The summed E-state index contributed by atoms with van der Waals surface area (Å²) in [6.07, 6.45) is 0. The number of ketones is 1. The molecule has 26 heavy (non-hydrogen) atoms. The molecule has 2 aromatic rings. The maximum Gasteiger partial charge on any atom is 0.221 e. The van der Waals surface area contributed by atoms with Crippen LogP contribution in [0.4, 0.5) is 22.7 Å². The molecule has 2 aromatic carbocycles. The molecule has 0 fully saturated rings. The van der Waals surface area contributed by atoms with Crippen molar-refractivity contribution in [2.45, 2.75) is 6.92 Å². The van der Waals surface area contributed by atoms with Crippen molar-refractivity contribution in [2.75, 3.05) is 23.7 Å². The number of anilines is 2. The summed E-state index contributed by atoms with van der Waals surface area (Å²) >= 11 is 12.2. The van der Waals surface area contributed by atoms with Gasteiger partial charge in [0.05, 0.1) is 40.2 Å². The van der Waals surface area contributed by atoms with Crippen molar-refractivity contribution in [3.63, 3.8) is 0 Å². The molecule has 1 amide bonds. The van der Waals surface area contributed by atoms with Gasteiger partial charge < -0.3 is 16.4 Å². The number of carbonyl (C=O) groups excluding carboxylic acids is 2. The molecule has 0 saturated carbocycles. The third-order valence-electron chi connectivity index (χ3n) is 3.19. The van der Waals surface area contributed by atoms with E-state index < -0.39 is 0 Å². The van der Waals surface area contributed by atoms with Gasteiger partial charge in [-0.2, -0.15) is 10.2 Å². The van der Waals surface area contributed by atoms with Crippen LogP contribution in [0.15, 0.2) is 46.6 Å². The Hall–Kier alpha value is -2.48. The second-order valence-electron chi connectivity index (χ2n) is 5.31. The highest BCUT2D eigenvalue weighted by Gasteiger charge is 2.09. The molecule has 136 valence electrons. The Balaban J connectivity index is 2.07. The maximum atomic E-state index is 11.2. The van der Waals surface area contributed by atoms with E-state index in [-0.39, 0.29) is 34.8 Å². The van der Waals surface area contributed by atoms with E-state index in [0.29, 0.717) is 17.1 Å². The van der Waals surface area contributed by atoms with E-state index in [1.165, 1.54) is 6.92 Å². The molecule has 0 atom stereocenters. The second kappa shape index (κ2) is 9.28. The van der Waals surface area contributed by atoms with E-state index in [1.54, 1.807) is 36.4 Å². The van der Waals surface area contributed by atoms with Crippen LogP contribution in [0.5, 0.6) is 0 Å². The molecule has 0 aromatic heterocycles. The van der Waals surface area contributed by atoms with Crippen molar-refractivity contribution in [3.8, 4) is 0 Å². The number of carbonyl (C=O) groups is 2. The van der Waals surface area contributed by atoms with E-state index >= 15 is 0 Å². The fraction of sp³-hybridized carbons (Fsp3) is 0.176. The third-order valence-corrected chi connectivity index (χ3v) is 3.79. The summed E-state index contributed by atoms with van der Waals surface area (Å²) in [5.41, 5.74) is 7.42. The first-order valence-corrected chi connectivity index (χ1v) is 8.38. The van der Waals surface area contributed by atoms with Crippen molar-refractivity contribution in [2.24, 2.45) is 16.0 Å². The topological polar surface area (TPSA) is 109 Å². The number of azo groups is 1. The van der Waals surface area contributed by atoms with Crippen molar-refractivity contribution >= 4 is 57.6 Å². The zero-order chi connectivity index (χ0) is 19.1. The van der Waals surface area contributed by atoms with Crippen LogP contribution in [0.2, 0.25) is 10.0 Å². The lowest BCUT2D eigenvalue weighted by Crippen LogP contribution is -2.22. The van der Waals surface area contributed by atoms with Crippen LogP contribution in [0.3, 0.4) is 0 Å². The molecule has 0 aliphatic heterocycles. The van der Waals surface area contributed by atoms with E-state index in [0.717, 1.165) is 5.69 Å². The molecule has 0 aliphatic rings. The van der Waals surface area contributed by atoms with E-state index in [9.17, 15) is 9.59 Å². The van der Waals surface area contributed by atoms with Gasteiger partial charge in [0.25, 0.3) is 0 Å². The Bertz CT molecular complexity index is 815. The lowest BCUT2D eigenvalue weighted by molar-refractivity contribution is -0.116. The Morgan fingerprint density at radius 2 is 1.62 bits per heavy atom. The summed E-state index contributed by atoms with van der Waals surface area (Å²) in [6, 6.07) is 10.1. The average Bonchev–Trinajstić information content (AvgIpc) is 2.61. The number of halogens is 2. The van der Waals surface area contributed by atoms with Crippen molar-refractivity contribution in [1.29, 1.82) is 0 Å². The number of nitrogens with one attached hydrogen (secondary N) is 2. The predicted molar refractivity (Wildman–Crippen MR) is 104 cm³/mol. The van der Waals surface area contributed by atoms with Crippen LogP contribution < -0.4 is 16.4 Å². The van der Waals surface area contributed by atoms with Crippen molar-refractivity contribution < 1.29 is 9.59 Å². The van der Waals surface area contributed by atoms with Crippen LogP contribution in [0.1, 0.15) is 6.92 Å². The van der Waals surface area contributed by atoms with Gasteiger partial charge >= 0.3 is 0 Å². The number of Topliss-reactive ketones (excluding diaryl/α,β-unsaturated/α-hetero) is 1. The van der Waals surface area contributed by atoms with Gasteiger partial charge in [-0.3, -0.25) is 9.59 Å². The molecule has 0 unspecified atom stereocenters. The Labute approximate surface area is 160 Å². The molecule has 0 heterocycles. The lowest BCUT2D eigenvalue weighted by atomic mass is 10.2. The summed E-state index contributed by atoms with van der Waals surface area (Å²) in [5.74, 6) is -0.352. The van der Waals surface area contributed by atoms with Crippen molar-refractivity contribution in [3.05, 3.63) is 46.4 Å². The molecular weight excluding hydrogens is 377 g/mol. The molecular formula is C17H17Cl2N5O2. The Morgan fingerprint density at radius 3 is 2.15 bits per heavy atom. The summed E-state index contributed by atoms with van der Waals surface area (Å²) in [5, 5.41) is 14.3. The molecule has 0 bridgehead atoms. The number of nitrogens with zero attached hydrogens (tertiary/aromatic N) is 2. The zero-order valence-corrected chi connectivity index (χ0v) is 15.4. The largest absolute Gasteiger partial charge is 0.378 e. The highest BCUT2D eigenvalue weighted by atomic mass is 35.5. The van der Waals surface area contributed by atoms with E-state index in [1.807, 2.05) is 0 Å². The Morgan fingerprint density at radius 1 is 1.04 bits per heavy atom. The number of amides is 1. The minimum atomic E-state index is -0.273. The predicted octanol–water partition coefficient (Wildman–Crippen LogP) is 4.31. The number of nitrogens with two attached hydrogens (primary N) is 1. The normalized spacial score (nSPS) is 10.8. The van der Waals surface area contributed by atoms with Gasteiger partial charge in [0.1, 0.15) is 0 Å². The maximum absolute atomic E-state index is 11.2. The lowest BCUT2D eigenvalue weighted by Gasteiger charge is -2.08. The first-order valence-electron chi connectivity index (χ1n) is 7.63. The van der Waals surface area contributed by atoms with E-state index in [2.05, 4.69) is 20.9 Å². The van der Waals surface area contributed by atoms with Gasteiger partial charge in [0, 0.05) is 12.6 Å². The molecule has 4 N–H and O–H groups in total. The monoisotopic (exact) mass is 393 g/mol. The van der Waals surface area contributed by atoms with Crippen LogP contribution in [0.25, 0.3) is 0 Å². The molecule has 7 nitrogen and oxygen atoms in total. The minimum absolute atomic E-state index is 0.00510.